The molecule has 154 valence electrons. The van der Waals surface area contributed by atoms with Gasteiger partial charge >= 0.3 is 0 Å². The van der Waals surface area contributed by atoms with Crippen molar-refractivity contribution in [2.75, 3.05) is 0 Å². The number of amides is 1. The molecule has 5 nitrogen and oxygen atoms in total. The number of rotatable bonds is 3. The molecule has 4 aromatic rings. The van der Waals surface area contributed by atoms with Crippen molar-refractivity contribution >= 4 is 16.9 Å². The summed E-state index contributed by atoms with van der Waals surface area (Å²) in [6, 6.07) is 16.7. The zero-order chi connectivity index (χ0) is 21.7. The quantitative estimate of drug-likeness (QED) is 0.484. The van der Waals surface area contributed by atoms with Crippen LogP contribution >= 0.6 is 0 Å². The van der Waals surface area contributed by atoms with Gasteiger partial charge in [0.25, 0.3) is 5.91 Å². The van der Waals surface area contributed by atoms with E-state index < -0.39 is 6.04 Å². The first-order valence-corrected chi connectivity index (χ1v) is 10.3. The van der Waals surface area contributed by atoms with E-state index in [0.29, 0.717) is 28.8 Å². The number of aromatic nitrogens is 1. The molecule has 0 spiro atoms. The summed E-state index contributed by atoms with van der Waals surface area (Å²) >= 11 is 0. The minimum absolute atomic E-state index is 0.114. The van der Waals surface area contributed by atoms with E-state index in [1.165, 1.54) is 0 Å². The van der Waals surface area contributed by atoms with Crippen LogP contribution in [0.3, 0.4) is 0 Å². The van der Waals surface area contributed by atoms with Crippen molar-refractivity contribution in [1.29, 1.82) is 0 Å². The fourth-order valence-corrected chi connectivity index (χ4v) is 4.17. The molecule has 5 rings (SSSR count). The maximum Gasteiger partial charge on any atom is 0.291 e. The van der Waals surface area contributed by atoms with Gasteiger partial charge in [-0.15, -0.1) is 0 Å². The molecule has 1 aliphatic heterocycles. The van der Waals surface area contributed by atoms with Crippen LogP contribution in [0.1, 0.15) is 50.1 Å². The largest absolute Gasteiger partial charge is 0.450 e. The number of fused-ring (bicyclic) bond motifs is 2. The molecule has 2 aromatic heterocycles. The average Bonchev–Trinajstić information content (AvgIpc) is 3.04. The second kappa shape index (κ2) is 7.20. The molecular formula is C26H22N2O3. The van der Waals surface area contributed by atoms with Gasteiger partial charge in [0.05, 0.1) is 16.6 Å². The summed E-state index contributed by atoms with van der Waals surface area (Å²) in [7, 11) is 0. The van der Waals surface area contributed by atoms with Gasteiger partial charge in [-0.2, -0.15) is 0 Å². The molecule has 1 amide bonds. The number of carbonyl (C=O) groups is 1. The van der Waals surface area contributed by atoms with Gasteiger partial charge < -0.3 is 9.32 Å². The van der Waals surface area contributed by atoms with Crippen molar-refractivity contribution in [3.8, 4) is 0 Å². The zero-order valence-corrected chi connectivity index (χ0v) is 17.7. The average molecular weight is 410 g/mol. The van der Waals surface area contributed by atoms with E-state index in [-0.39, 0.29) is 17.1 Å². The van der Waals surface area contributed by atoms with Crippen LogP contribution < -0.4 is 5.43 Å². The van der Waals surface area contributed by atoms with E-state index in [2.05, 4.69) is 4.98 Å². The van der Waals surface area contributed by atoms with Crippen LogP contribution in [0.5, 0.6) is 0 Å². The molecule has 0 N–H and O–H groups in total. The molecular weight excluding hydrogens is 388 g/mol. The first kappa shape index (κ1) is 19.2. The molecule has 31 heavy (non-hydrogen) atoms. The number of pyridine rings is 1. The summed E-state index contributed by atoms with van der Waals surface area (Å²) in [5.41, 5.74) is 5.44. The highest BCUT2D eigenvalue weighted by Crippen LogP contribution is 2.38. The van der Waals surface area contributed by atoms with Crippen molar-refractivity contribution in [1.82, 2.24) is 9.88 Å². The number of benzene rings is 2. The van der Waals surface area contributed by atoms with Crippen molar-refractivity contribution in [2.24, 2.45) is 0 Å². The van der Waals surface area contributed by atoms with E-state index >= 15 is 0 Å². The number of aryl methyl sites for hydroxylation is 3. The van der Waals surface area contributed by atoms with Crippen LogP contribution in [0.4, 0.5) is 0 Å². The lowest BCUT2D eigenvalue weighted by atomic mass is 10.00. The predicted octanol–water partition coefficient (Wildman–Crippen LogP) is 4.86. The molecule has 0 saturated carbocycles. The van der Waals surface area contributed by atoms with Crippen molar-refractivity contribution in [3.05, 3.63) is 110 Å². The lowest BCUT2D eigenvalue weighted by molar-refractivity contribution is 0.0712. The Bertz CT molecular complexity index is 1370. The predicted molar refractivity (Wildman–Crippen MR) is 119 cm³/mol. The molecule has 0 saturated heterocycles. The first-order valence-electron chi connectivity index (χ1n) is 10.3. The first-order chi connectivity index (χ1) is 14.9. The highest BCUT2D eigenvalue weighted by Gasteiger charge is 2.43. The number of hydrogen-bond acceptors (Lipinski definition) is 4. The SMILES string of the molecule is Cc1ccc(CN2C(=O)c3oc4cc(C)c(C)cc4c(=O)c3C2c2ccccn2)cc1. The standard InChI is InChI=1S/C26H22N2O3/c1-15-7-9-18(10-8-15)14-28-23(20-6-4-5-11-27-20)22-24(29)19-12-16(2)17(3)13-21(19)31-25(22)26(28)30/h4-13,23H,14H2,1-3H3. The van der Waals surface area contributed by atoms with Gasteiger partial charge in [0.2, 0.25) is 5.76 Å². The Labute approximate surface area is 180 Å². The van der Waals surface area contributed by atoms with Gasteiger partial charge in [0, 0.05) is 12.7 Å². The third-order valence-electron chi connectivity index (χ3n) is 6.02. The zero-order valence-electron chi connectivity index (χ0n) is 17.7. The molecule has 0 radical (unpaired) electrons. The van der Waals surface area contributed by atoms with Gasteiger partial charge in [0.15, 0.2) is 5.43 Å². The Hall–Kier alpha value is -3.73. The molecule has 1 unspecified atom stereocenters. The fourth-order valence-electron chi connectivity index (χ4n) is 4.17. The molecule has 3 heterocycles. The Morgan fingerprint density at radius 3 is 2.42 bits per heavy atom. The minimum Gasteiger partial charge on any atom is -0.450 e. The Balaban J connectivity index is 1.73. The Kier molecular flexibility index (Phi) is 4.47. The van der Waals surface area contributed by atoms with Crippen LogP contribution in [0.25, 0.3) is 11.0 Å². The molecule has 0 bridgehead atoms. The minimum atomic E-state index is -0.590. The van der Waals surface area contributed by atoms with Crippen molar-refractivity contribution in [3.63, 3.8) is 0 Å². The third-order valence-corrected chi connectivity index (χ3v) is 6.02. The number of carbonyl (C=O) groups excluding carboxylic acids is 1. The van der Waals surface area contributed by atoms with E-state index in [4.69, 9.17) is 4.42 Å². The Morgan fingerprint density at radius 1 is 0.968 bits per heavy atom. The highest BCUT2D eigenvalue weighted by molar-refractivity contribution is 5.99. The summed E-state index contributed by atoms with van der Waals surface area (Å²) in [5.74, 6) is -0.174. The van der Waals surface area contributed by atoms with Gasteiger partial charge in [-0.1, -0.05) is 35.9 Å². The highest BCUT2D eigenvalue weighted by atomic mass is 16.3. The Morgan fingerprint density at radius 2 is 1.71 bits per heavy atom. The van der Waals surface area contributed by atoms with Crippen LogP contribution in [0.2, 0.25) is 0 Å². The van der Waals surface area contributed by atoms with Crippen molar-refractivity contribution in [2.45, 2.75) is 33.4 Å². The fraction of sp³-hybridized carbons (Fsp3) is 0.192. The molecule has 0 aliphatic carbocycles. The molecule has 1 aliphatic rings. The third kappa shape index (κ3) is 3.13. The van der Waals surface area contributed by atoms with Crippen LogP contribution in [0, 0.1) is 20.8 Å². The monoisotopic (exact) mass is 410 g/mol. The summed E-state index contributed by atoms with van der Waals surface area (Å²) < 4.78 is 6.05. The van der Waals surface area contributed by atoms with Crippen LogP contribution in [0.15, 0.2) is 70.0 Å². The van der Waals surface area contributed by atoms with E-state index in [1.54, 1.807) is 11.1 Å². The van der Waals surface area contributed by atoms with Gasteiger partial charge in [-0.3, -0.25) is 14.6 Å². The van der Waals surface area contributed by atoms with E-state index in [1.807, 2.05) is 75.4 Å². The normalized spacial score (nSPS) is 15.5. The summed E-state index contributed by atoms with van der Waals surface area (Å²) in [6.07, 6.45) is 1.68. The smallest absolute Gasteiger partial charge is 0.291 e. The lowest BCUT2D eigenvalue weighted by Crippen LogP contribution is -2.29. The summed E-state index contributed by atoms with van der Waals surface area (Å²) in [4.78, 5) is 33.2. The van der Waals surface area contributed by atoms with Crippen molar-refractivity contribution < 1.29 is 9.21 Å². The summed E-state index contributed by atoms with van der Waals surface area (Å²) in [6.45, 7) is 6.31. The number of hydrogen-bond donors (Lipinski definition) is 0. The van der Waals surface area contributed by atoms with Gasteiger partial charge in [-0.05, 0) is 61.7 Å². The second-order valence-corrected chi connectivity index (χ2v) is 8.18. The molecule has 2 aromatic carbocycles. The molecule has 0 fully saturated rings. The van der Waals surface area contributed by atoms with Crippen LogP contribution in [-0.2, 0) is 6.54 Å². The topological polar surface area (TPSA) is 63.4 Å². The second-order valence-electron chi connectivity index (χ2n) is 8.18. The van der Waals surface area contributed by atoms with E-state index in [9.17, 15) is 9.59 Å². The summed E-state index contributed by atoms with van der Waals surface area (Å²) in [5, 5.41) is 0.493. The number of nitrogens with zero attached hydrogens (tertiary/aromatic N) is 2. The molecule has 5 heteroatoms. The van der Waals surface area contributed by atoms with E-state index in [0.717, 1.165) is 22.3 Å². The van der Waals surface area contributed by atoms with Crippen LogP contribution in [-0.4, -0.2) is 15.8 Å². The maximum absolute atomic E-state index is 13.6. The lowest BCUT2D eigenvalue weighted by Gasteiger charge is -2.24. The van der Waals surface area contributed by atoms with Gasteiger partial charge in [-0.25, -0.2) is 0 Å². The maximum atomic E-state index is 13.6. The van der Waals surface area contributed by atoms with Gasteiger partial charge in [0.1, 0.15) is 11.6 Å². The molecule has 1 atom stereocenters.